The van der Waals surface area contributed by atoms with Gasteiger partial charge in [-0.25, -0.2) is 0 Å². The van der Waals surface area contributed by atoms with Crippen molar-refractivity contribution in [2.75, 3.05) is 12.3 Å². The molecule has 1 aromatic carbocycles. The summed E-state index contributed by atoms with van der Waals surface area (Å²) in [5.41, 5.74) is 3.21. The number of rotatable bonds is 10. The number of benzene rings is 1. The second kappa shape index (κ2) is 11.0. The van der Waals surface area contributed by atoms with E-state index in [4.69, 9.17) is 4.42 Å². The van der Waals surface area contributed by atoms with Gasteiger partial charge in [0, 0.05) is 31.0 Å². The van der Waals surface area contributed by atoms with Crippen molar-refractivity contribution in [1.29, 1.82) is 0 Å². The maximum atomic E-state index is 13.1. The number of hydrogen-bond acceptors (Lipinski definition) is 6. The maximum Gasteiger partial charge on any atom is 0.233 e. The van der Waals surface area contributed by atoms with Gasteiger partial charge in [-0.15, -0.1) is 10.2 Å². The molecule has 1 amide bonds. The molecule has 0 aliphatic rings. The Morgan fingerprint density at radius 3 is 2.67 bits per heavy atom. The van der Waals surface area contributed by atoms with Gasteiger partial charge in [0.25, 0.3) is 0 Å². The molecule has 0 aliphatic heterocycles. The molecular weight excluding hydrogens is 434 g/mol. The van der Waals surface area contributed by atoms with Crippen LogP contribution in [0.1, 0.15) is 30.2 Å². The van der Waals surface area contributed by atoms with E-state index in [1.807, 2.05) is 33.7 Å². The monoisotopic (exact) mass is 461 g/mol. The summed E-state index contributed by atoms with van der Waals surface area (Å²) in [6, 6.07) is 15.9. The number of carbonyl (C=O) groups excluding carboxylic acids is 1. The predicted octanol–water partition coefficient (Wildman–Crippen LogP) is 4.82. The van der Waals surface area contributed by atoms with Gasteiger partial charge in [0.2, 0.25) is 5.91 Å². The summed E-state index contributed by atoms with van der Waals surface area (Å²) >= 11 is 1.40. The summed E-state index contributed by atoms with van der Waals surface area (Å²) in [5.74, 6) is 1.85. The van der Waals surface area contributed by atoms with E-state index in [0.29, 0.717) is 30.6 Å². The number of amides is 1. The quantitative estimate of drug-likeness (QED) is 0.315. The lowest BCUT2D eigenvalue weighted by Crippen LogP contribution is -2.32. The highest BCUT2D eigenvalue weighted by atomic mass is 32.2. The first-order valence-corrected chi connectivity index (χ1v) is 11.9. The fourth-order valence-electron chi connectivity index (χ4n) is 3.50. The largest absolute Gasteiger partial charge is 0.467 e. The molecule has 3 aromatic heterocycles. The zero-order valence-electron chi connectivity index (χ0n) is 18.8. The molecule has 8 heteroatoms. The van der Waals surface area contributed by atoms with E-state index in [2.05, 4.69) is 53.3 Å². The topological polar surface area (TPSA) is 77.1 Å². The zero-order chi connectivity index (χ0) is 23.0. The Kier molecular flexibility index (Phi) is 7.57. The molecule has 4 rings (SSSR count). The third kappa shape index (κ3) is 5.90. The van der Waals surface area contributed by atoms with Gasteiger partial charge in [-0.2, -0.15) is 0 Å². The minimum absolute atomic E-state index is 0.0814. The second-order valence-corrected chi connectivity index (χ2v) is 8.75. The number of hydrogen-bond donors (Lipinski definition) is 0. The van der Waals surface area contributed by atoms with Crippen molar-refractivity contribution in [2.45, 2.75) is 38.5 Å². The summed E-state index contributed by atoms with van der Waals surface area (Å²) in [4.78, 5) is 19.2. The first kappa shape index (κ1) is 22.8. The Hall–Kier alpha value is -3.39. The highest BCUT2D eigenvalue weighted by Gasteiger charge is 2.19. The molecule has 0 radical (unpaired) electrons. The fraction of sp³-hybridized carbons (Fsp3) is 0.280. The Balaban J connectivity index is 1.50. The maximum absolute atomic E-state index is 13.1. The van der Waals surface area contributed by atoms with Gasteiger partial charge >= 0.3 is 0 Å². The van der Waals surface area contributed by atoms with Crippen molar-refractivity contribution in [2.24, 2.45) is 0 Å². The average Bonchev–Trinajstić information content (AvgIpc) is 3.49. The van der Waals surface area contributed by atoms with E-state index < -0.39 is 0 Å². The smallest absolute Gasteiger partial charge is 0.233 e. The molecule has 0 bridgehead atoms. The summed E-state index contributed by atoms with van der Waals surface area (Å²) in [6.45, 7) is 5.94. The Labute approximate surface area is 197 Å². The summed E-state index contributed by atoms with van der Waals surface area (Å²) in [7, 11) is 0. The number of nitrogens with zero attached hydrogens (tertiary/aromatic N) is 5. The Morgan fingerprint density at radius 2 is 1.97 bits per heavy atom. The minimum Gasteiger partial charge on any atom is -0.467 e. The van der Waals surface area contributed by atoms with Crippen LogP contribution in [0.3, 0.4) is 0 Å². The average molecular weight is 462 g/mol. The molecule has 0 aliphatic carbocycles. The van der Waals surface area contributed by atoms with Gasteiger partial charge in [-0.3, -0.25) is 14.3 Å². The number of carbonyl (C=O) groups is 1. The molecule has 4 aromatic rings. The SMILES string of the molecule is CCCN(Cc1ccc(C)cc1)C(=O)CSc1nnc(-c2cccnc2)n1Cc1ccco1. The molecule has 3 heterocycles. The van der Waals surface area contributed by atoms with Crippen molar-refractivity contribution in [1.82, 2.24) is 24.6 Å². The van der Waals surface area contributed by atoms with Crippen LogP contribution >= 0.6 is 11.8 Å². The Morgan fingerprint density at radius 1 is 1.12 bits per heavy atom. The molecule has 0 fully saturated rings. The van der Waals surface area contributed by atoms with Crippen molar-refractivity contribution >= 4 is 17.7 Å². The van der Waals surface area contributed by atoms with Crippen LogP contribution < -0.4 is 0 Å². The van der Waals surface area contributed by atoms with Crippen molar-refractivity contribution in [3.8, 4) is 11.4 Å². The predicted molar refractivity (Wildman–Crippen MR) is 129 cm³/mol. The molecule has 0 saturated carbocycles. The van der Waals surface area contributed by atoms with Gasteiger partial charge in [0.15, 0.2) is 11.0 Å². The number of aryl methyl sites for hydroxylation is 1. The van der Waals surface area contributed by atoms with E-state index in [1.165, 1.54) is 17.3 Å². The van der Waals surface area contributed by atoms with Crippen LogP contribution in [0.2, 0.25) is 0 Å². The second-order valence-electron chi connectivity index (χ2n) is 7.80. The van der Waals surface area contributed by atoms with E-state index in [-0.39, 0.29) is 11.7 Å². The van der Waals surface area contributed by atoms with Gasteiger partial charge in [-0.05, 0) is 43.2 Å². The van der Waals surface area contributed by atoms with Crippen LogP contribution in [0.15, 0.2) is 76.8 Å². The molecular formula is C25H27N5O2S. The first-order valence-electron chi connectivity index (χ1n) is 11.0. The third-order valence-electron chi connectivity index (χ3n) is 5.20. The Bertz CT molecular complexity index is 1160. The van der Waals surface area contributed by atoms with Gasteiger partial charge in [-0.1, -0.05) is 48.5 Å². The lowest BCUT2D eigenvalue weighted by Gasteiger charge is -2.22. The molecule has 0 spiro atoms. The number of aromatic nitrogens is 4. The van der Waals surface area contributed by atoms with E-state index in [0.717, 1.165) is 23.3 Å². The van der Waals surface area contributed by atoms with Crippen molar-refractivity contribution in [3.05, 3.63) is 84.1 Å². The molecule has 170 valence electrons. The first-order chi connectivity index (χ1) is 16.1. The normalized spacial score (nSPS) is 11.0. The fourth-order valence-corrected chi connectivity index (χ4v) is 4.34. The molecule has 0 unspecified atom stereocenters. The molecule has 7 nitrogen and oxygen atoms in total. The van der Waals surface area contributed by atoms with Crippen LogP contribution in [0.25, 0.3) is 11.4 Å². The van der Waals surface area contributed by atoms with E-state index >= 15 is 0 Å². The van der Waals surface area contributed by atoms with Gasteiger partial charge in [0.1, 0.15) is 5.76 Å². The molecule has 0 atom stereocenters. The summed E-state index contributed by atoms with van der Waals surface area (Å²) < 4.78 is 7.52. The van der Waals surface area contributed by atoms with Gasteiger partial charge in [0.05, 0.1) is 18.6 Å². The molecule has 33 heavy (non-hydrogen) atoms. The van der Waals surface area contributed by atoms with Gasteiger partial charge < -0.3 is 9.32 Å². The van der Waals surface area contributed by atoms with Crippen molar-refractivity contribution < 1.29 is 9.21 Å². The van der Waals surface area contributed by atoms with Crippen LogP contribution in [-0.2, 0) is 17.9 Å². The molecule has 0 saturated heterocycles. The number of thioether (sulfide) groups is 1. The lowest BCUT2D eigenvalue weighted by atomic mass is 10.1. The number of furan rings is 1. The third-order valence-corrected chi connectivity index (χ3v) is 6.15. The highest BCUT2D eigenvalue weighted by Crippen LogP contribution is 2.25. The van der Waals surface area contributed by atoms with Crippen molar-refractivity contribution in [3.63, 3.8) is 0 Å². The standard InChI is InChI=1S/C25H27N5O2S/c1-3-13-29(16-20-10-8-19(2)9-11-20)23(31)18-33-25-28-27-24(21-6-4-12-26-15-21)30(25)17-22-7-5-14-32-22/h4-12,14-15H,3,13,16-18H2,1-2H3. The lowest BCUT2D eigenvalue weighted by molar-refractivity contribution is -0.129. The summed E-state index contributed by atoms with van der Waals surface area (Å²) in [6.07, 6.45) is 6.03. The van der Waals surface area contributed by atoms with Crippen LogP contribution in [0, 0.1) is 6.92 Å². The zero-order valence-corrected chi connectivity index (χ0v) is 19.7. The summed E-state index contributed by atoms with van der Waals surface area (Å²) in [5, 5.41) is 9.44. The highest BCUT2D eigenvalue weighted by molar-refractivity contribution is 7.99. The minimum atomic E-state index is 0.0814. The van der Waals surface area contributed by atoms with Crippen LogP contribution in [0.4, 0.5) is 0 Å². The molecule has 0 N–H and O–H groups in total. The van der Waals surface area contributed by atoms with Crippen LogP contribution in [0.5, 0.6) is 0 Å². The number of pyridine rings is 1. The van der Waals surface area contributed by atoms with E-state index in [9.17, 15) is 4.79 Å². The van der Waals surface area contributed by atoms with E-state index in [1.54, 1.807) is 18.7 Å². The van der Waals surface area contributed by atoms with Crippen LogP contribution in [-0.4, -0.2) is 42.9 Å².